The molecule has 0 aromatic carbocycles. The Kier molecular flexibility index (Phi) is 4.86. The number of nitrogens with zero attached hydrogens (tertiary/aromatic N) is 2. The third-order valence-corrected chi connectivity index (χ3v) is 3.41. The van der Waals surface area contributed by atoms with Crippen molar-refractivity contribution in [1.29, 1.82) is 5.41 Å². The highest BCUT2D eigenvalue weighted by atomic mass is 19.4. The predicted molar refractivity (Wildman–Crippen MR) is 76.2 cm³/mol. The Morgan fingerprint density at radius 1 is 1.08 bits per heavy atom. The summed E-state index contributed by atoms with van der Waals surface area (Å²) in [4.78, 5) is 3.12. The SMILES string of the molecule is CC/C=C/n1c(=N)ccc2c(C(F)(F)F)cc(C(F)(F)C(F)(F)F)nc21. The minimum Gasteiger partial charge on any atom is -0.286 e. The van der Waals surface area contributed by atoms with Crippen molar-refractivity contribution in [2.45, 2.75) is 31.6 Å². The molecular formula is C15H11F8N3. The summed E-state index contributed by atoms with van der Waals surface area (Å²) in [6.45, 7) is 1.66. The van der Waals surface area contributed by atoms with Gasteiger partial charge in [0.2, 0.25) is 0 Å². The van der Waals surface area contributed by atoms with Gasteiger partial charge in [0.1, 0.15) is 16.8 Å². The number of aromatic nitrogens is 2. The lowest BCUT2D eigenvalue weighted by Gasteiger charge is -2.21. The minimum atomic E-state index is -6.13. The molecule has 0 aliphatic heterocycles. The normalized spacial score (nSPS) is 13.7. The molecule has 3 nitrogen and oxygen atoms in total. The van der Waals surface area contributed by atoms with Gasteiger partial charge in [0.05, 0.1) is 5.56 Å². The van der Waals surface area contributed by atoms with Gasteiger partial charge in [-0.3, -0.25) is 9.98 Å². The predicted octanol–water partition coefficient (Wildman–Crippen LogP) is 5.07. The van der Waals surface area contributed by atoms with Crippen LogP contribution in [-0.4, -0.2) is 15.7 Å². The average molecular weight is 385 g/mol. The van der Waals surface area contributed by atoms with Crippen LogP contribution in [0.3, 0.4) is 0 Å². The molecule has 1 N–H and O–H groups in total. The standard InChI is InChI=1S/C15H11F8N3/c1-2-3-6-26-11(24)5-4-8-9(14(18,19)20)7-10(25-12(8)26)13(16,17)15(21,22)23/h3-7,24H,2H2,1H3/b6-3+,24-11?. The van der Waals surface area contributed by atoms with E-state index in [1.165, 1.54) is 6.08 Å². The molecular weight excluding hydrogens is 374 g/mol. The molecule has 142 valence electrons. The van der Waals surface area contributed by atoms with Gasteiger partial charge in [-0.2, -0.15) is 35.1 Å². The fraction of sp³-hybridized carbons (Fsp3) is 0.333. The zero-order valence-corrected chi connectivity index (χ0v) is 13.0. The van der Waals surface area contributed by atoms with Crippen molar-refractivity contribution in [1.82, 2.24) is 9.55 Å². The molecule has 0 spiro atoms. The van der Waals surface area contributed by atoms with Crippen LogP contribution in [0.15, 0.2) is 24.3 Å². The van der Waals surface area contributed by atoms with Crippen LogP contribution in [0.5, 0.6) is 0 Å². The molecule has 0 unspecified atom stereocenters. The second kappa shape index (κ2) is 6.36. The maximum atomic E-state index is 13.6. The van der Waals surface area contributed by atoms with Gasteiger partial charge in [-0.05, 0) is 24.6 Å². The van der Waals surface area contributed by atoms with Crippen molar-refractivity contribution in [3.8, 4) is 0 Å². The molecule has 0 amide bonds. The zero-order valence-electron chi connectivity index (χ0n) is 13.0. The molecule has 0 radical (unpaired) electrons. The fourth-order valence-electron chi connectivity index (χ4n) is 2.15. The molecule has 26 heavy (non-hydrogen) atoms. The number of hydrogen-bond donors (Lipinski definition) is 1. The summed E-state index contributed by atoms with van der Waals surface area (Å²) >= 11 is 0. The van der Waals surface area contributed by atoms with E-state index in [2.05, 4.69) is 4.98 Å². The van der Waals surface area contributed by atoms with Gasteiger partial charge < -0.3 is 0 Å². The summed E-state index contributed by atoms with van der Waals surface area (Å²) in [6.07, 6.45) is -8.46. The fourth-order valence-corrected chi connectivity index (χ4v) is 2.15. The number of fused-ring (bicyclic) bond motifs is 1. The maximum Gasteiger partial charge on any atom is 0.459 e. The Balaban J connectivity index is 2.99. The molecule has 2 aromatic rings. The van der Waals surface area contributed by atoms with Gasteiger partial charge in [-0.1, -0.05) is 13.0 Å². The molecule has 2 heterocycles. The quantitative estimate of drug-likeness (QED) is 0.737. The molecule has 11 heteroatoms. The first-order valence-corrected chi connectivity index (χ1v) is 7.10. The van der Waals surface area contributed by atoms with E-state index in [0.717, 1.165) is 18.3 Å². The summed E-state index contributed by atoms with van der Waals surface area (Å²) in [5.74, 6) is -5.59. The Morgan fingerprint density at radius 3 is 2.19 bits per heavy atom. The van der Waals surface area contributed by atoms with Crippen LogP contribution in [0.25, 0.3) is 17.2 Å². The molecule has 0 aliphatic rings. The van der Waals surface area contributed by atoms with Crippen LogP contribution in [-0.2, 0) is 12.1 Å². The van der Waals surface area contributed by atoms with E-state index < -0.39 is 46.1 Å². The van der Waals surface area contributed by atoms with Crippen LogP contribution in [0.1, 0.15) is 24.6 Å². The molecule has 0 bridgehead atoms. The highest BCUT2D eigenvalue weighted by molar-refractivity contribution is 5.81. The lowest BCUT2D eigenvalue weighted by molar-refractivity contribution is -0.291. The molecule has 0 atom stereocenters. The first-order chi connectivity index (χ1) is 11.8. The Bertz CT molecular complexity index is 906. The summed E-state index contributed by atoms with van der Waals surface area (Å²) in [7, 11) is 0. The van der Waals surface area contributed by atoms with Gasteiger partial charge in [0, 0.05) is 11.6 Å². The third kappa shape index (κ3) is 3.42. The maximum absolute atomic E-state index is 13.6. The van der Waals surface area contributed by atoms with Crippen molar-refractivity contribution in [2.24, 2.45) is 0 Å². The number of hydrogen-bond acceptors (Lipinski definition) is 2. The van der Waals surface area contributed by atoms with Crippen LogP contribution in [0, 0.1) is 5.41 Å². The largest absolute Gasteiger partial charge is 0.459 e. The number of rotatable bonds is 3. The van der Waals surface area contributed by atoms with E-state index in [0.29, 0.717) is 11.0 Å². The van der Waals surface area contributed by atoms with Gasteiger partial charge in [0.15, 0.2) is 0 Å². The monoisotopic (exact) mass is 385 g/mol. The van der Waals surface area contributed by atoms with Crippen LogP contribution < -0.4 is 5.49 Å². The number of allylic oxidation sites excluding steroid dienone is 1. The van der Waals surface area contributed by atoms with E-state index in [4.69, 9.17) is 5.41 Å². The van der Waals surface area contributed by atoms with Gasteiger partial charge in [0.25, 0.3) is 0 Å². The minimum absolute atomic E-state index is 0.312. The summed E-state index contributed by atoms with van der Waals surface area (Å²) in [6, 6.07) is 1.45. The second-order valence-corrected chi connectivity index (χ2v) is 5.24. The third-order valence-electron chi connectivity index (χ3n) is 3.41. The molecule has 2 aromatic heterocycles. The van der Waals surface area contributed by atoms with Crippen LogP contribution >= 0.6 is 0 Å². The van der Waals surface area contributed by atoms with Crippen molar-refractivity contribution in [3.05, 3.63) is 41.0 Å². The smallest absolute Gasteiger partial charge is 0.286 e. The van der Waals surface area contributed by atoms with E-state index in [-0.39, 0.29) is 6.07 Å². The van der Waals surface area contributed by atoms with Gasteiger partial charge >= 0.3 is 18.3 Å². The highest BCUT2D eigenvalue weighted by Crippen LogP contribution is 2.45. The number of nitrogens with one attached hydrogen (secondary N) is 1. The Morgan fingerprint density at radius 2 is 1.69 bits per heavy atom. The zero-order chi connectivity index (χ0) is 19.9. The highest BCUT2D eigenvalue weighted by Gasteiger charge is 2.60. The molecule has 0 saturated heterocycles. The first-order valence-electron chi connectivity index (χ1n) is 7.10. The van der Waals surface area contributed by atoms with Crippen molar-refractivity contribution >= 4 is 17.2 Å². The summed E-state index contributed by atoms with van der Waals surface area (Å²) < 4.78 is 105. The first kappa shape index (κ1) is 19.9. The van der Waals surface area contributed by atoms with E-state index >= 15 is 0 Å². The molecule has 0 saturated carbocycles. The topological polar surface area (TPSA) is 41.7 Å². The Hall–Kier alpha value is -2.46. The van der Waals surface area contributed by atoms with E-state index in [1.54, 1.807) is 6.92 Å². The molecule has 2 rings (SSSR count). The van der Waals surface area contributed by atoms with Crippen LogP contribution in [0.2, 0.25) is 0 Å². The van der Waals surface area contributed by atoms with E-state index in [1.807, 2.05) is 0 Å². The second-order valence-electron chi connectivity index (χ2n) is 5.24. The number of alkyl halides is 8. The lowest BCUT2D eigenvalue weighted by Crippen LogP contribution is -2.35. The van der Waals surface area contributed by atoms with Gasteiger partial charge in [-0.15, -0.1) is 0 Å². The average Bonchev–Trinajstić information content (AvgIpc) is 2.50. The lowest BCUT2D eigenvalue weighted by atomic mass is 10.1. The number of pyridine rings is 2. The van der Waals surface area contributed by atoms with Crippen molar-refractivity contribution in [3.63, 3.8) is 0 Å². The molecule has 0 fully saturated rings. The Labute approximate surface area is 141 Å². The van der Waals surface area contributed by atoms with Gasteiger partial charge in [-0.25, -0.2) is 4.98 Å². The van der Waals surface area contributed by atoms with Crippen molar-refractivity contribution < 1.29 is 35.1 Å². The summed E-state index contributed by atoms with van der Waals surface area (Å²) in [5.41, 5.74) is -5.04. The number of halogens is 8. The van der Waals surface area contributed by atoms with E-state index in [9.17, 15) is 35.1 Å². The molecule has 0 aliphatic carbocycles. The van der Waals surface area contributed by atoms with Crippen LogP contribution in [0.4, 0.5) is 35.1 Å². The van der Waals surface area contributed by atoms with Crippen molar-refractivity contribution in [2.75, 3.05) is 0 Å². The summed E-state index contributed by atoms with van der Waals surface area (Å²) in [5, 5.41) is 6.99.